The Morgan fingerprint density at radius 2 is 1.84 bits per heavy atom. The van der Waals surface area contributed by atoms with Crippen molar-refractivity contribution in [2.24, 2.45) is 17.8 Å². The van der Waals surface area contributed by atoms with Crippen LogP contribution in [0.2, 0.25) is 0 Å². The molecule has 0 N–H and O–H groups in total. The largest absolute Gasteiger partial charge is 0.462 e. The van der Waals surface area contributed by atoms with Crippen molar-refractivity contribution in [1.29, 1.82) is 0 Å². The van der Waals surface area contributed by atoms with Crippen molar-refractivity contribution in [3.63, 3.8) is 0 Å². The van der Waals surface area contributed by atoms with Crippen LogP contribution in [0.5, 0.6) is 0 Å². The number of ether oxygens (including phenoxy) is 1. The average Bonchev–Trinajstić information content (AvgIpc) is 2.41. The highest BCUT2D eigenvalue weighted by atomic mass is 19.1. The van der Waals surface area contributed by atoms with E-state index in [1.165, 1.54) is 38.5 Å². The van der Waals surface area contributed by atoms with Gasteiger partial charge in [0.2, 0.25) is 0 Å². The van der Waals surface area contributed by atoms with E-state index in [0.717, 1.165) is 18.8 Å². The second kappa shape index (κ2) is 7.25. The van der Waals surface area contributed by atoms with Crippen LogP contribution in [0.3, 0.4) is 0 Å². The van der Waals surface area contributed by atoms with Crippen LogP contribution in [0.25, 0.3) is 0 Å². The third-order valence-electron chi connectivity index (χ3n) is 4.97. The van der Waals surface area contributed by atoms with Crippen LogP contribution in [0, 0.1) is 17.8 Å². The van der Waals surface area contributed by atoms with Gasteiger partial charge in [0, 0.05) is 6.42 Å². The van der Waals surface area contributed by atoms with Crippen LogP contribution < -0.4 is 0 Å². The van der Waals surface area contributed by atoms with Crippen LogP contribution in [-0.4, -0.2) is 18.7 Å². The maximum atomic E-state index is 12.3. The molecule has 1 aliphatic carbocycles. The molecule has 19 heavy (non-hydrogen) atoms. The predicted octanol–water partition coefficient (Wildman–Crippen LogP) is 4.27. The van der Waals surface area contributed by atoms with Crippen molar-refractivity contribution in [1.82, 2.24) is 0 Å². The van der Waals surface area contributed by atoms with E-state index < -0.39 is 0 Å². The van der Waals surface area contributed by atoms with E-state index in [0.29, 0.717) is 12.3 Å². The first-order valence-electron chi connectivity index (χ1n) is 8.01. The second-order valence-corrected chi connectivity index (χ2v) is 6.29. The first-order chi connectivity index (χ1) is 9.24. The zero-order valence-electron chi connectivity index (χ0n) is 12.1. The van der Waals surface area contributed by atoms with E-state index in [-0.39, 0.29) is 24.7 Å². The quantitative estimate of drug-likeness (QED) is 0.697. The molecule has 1 saturated carbocycles. The summed E-state index contributed by atoms with van der Waals surface area (Å²) in [5, 5.41) is 0. The molecule has 0 spiro atoms. The Labute approximate surface area is 116 Å². The molecule has 0 radical (unpaired) electrons. The number of hydrogen-bond donors (Lipinski definition) is 0. The van der Waals surface area contributed by atoms with Gasteiger partial charge >= 0.3 is 5.97 Å². The molecule has 1 aliphatic heterocycles. The summed E-state index contributed by atoms with van der Waals surface area (Å²) in [6.45, 7) is 1.86. The normalized spacial score (nSPS) is 36.0. The van der Waals surface area contributed by atoms with Gasteiger partial charge in [0.25, 0.3) is 0 Å². The van der Waals surface area contributed by atoms with Crippen LogP contribution in [-0.2, 0) is 9.53 Å². The fourth-order valence-corrected chi connectivity index (χ4v) is 3.83. The Balaban J connectivity index is 1.79. The fraction of sp³-hybridized carbons (Fsp3) is 0.938. The molecule has 2 unspecified atom stereocenters. The minimum Gasteiger partial charge on any atom is -0.462 e. The molecule has 3 heteroatoms. The van der Waals surface area contributed by atoms with Crippen LogP contribution in [0.4, 0.5) is 4.39 Å². The number of alkyl halides is 1. The lowest BCUT2D eigenvalue weighted by Gasteiger charge is -2.36. The van der Waals surface area contributed by atoms with Gasteiger partial charge in [-0.15, -0.1) is 0 Å². The molecule has 1 saturated heterocycles. The lowest BCUT2D eigenvalue weighted by Crippen LogP contribution is -2.36. The number of rotatable bonds is 5. The maximum absolute atomic E-state index is 12.3. The zero-order chi connectivity index (χ0) is 13.7. The lowest BCUT2D eigenvalue weighted by molar-refractivity contribution is -0.164. The zero-order valence-corrected chi connectivity index (χ0v) is 12.1. The summed E-state index contributed by atoms with van der Waals surface area (Å²) >= 11 is 0. The number of hydrogen-bond acceptors (Lipinski definition) is 2. The lowest BCUT2D eigenvalue weighted by atomic mass is 9.72. The Morgan fingerprint density at radius 1 is 1.11 bits per heavy atom. The monoisotopic (exact) mass is 270 g/mol. The topological polar surface area (TPSA) is 26.3 Å². The molecular formula is C16H27FO2. The number of cyclic esters (lactones) is 1. The van der Waals surface area contributed by atoms with Crippen molar-refractivity contribution in [2.45, 2.75) is 70.8 Å². The highest BCUT2D eigenvalue weighted by Crippen LogP contribution is 2.39. The summed E-state index contributed by atoms with van der Waals surface area (Å²) in [5.74, 6) is 1.44. The summed E-state index contributed by atoms with van der Waals surface area (Å²) in [6, 6.07) is 0. The van der Waals surface area contributed by atoms with E-state index >= 15 is 0 Å². The summed E-state index contributed by atoms with van der Waals surface area (Å²) in [5.41, 5.74) is 0. The summed E-state index contributed by atoms with van der Waals surface area (Å²) < 4.78 is 17.7. The molecule has 2 nitrogen and oxygen atoms in total. The molecule has 0 aromatic heterocycles. The van der Waals surface area contributed by atoms with Gasteiger partial charge in [-0.3, -0.25) is 9.18 Å². The van der Waals surface area contributed by atoms with Gasteiger partial charge < -0.3 is 4.74 Å². The average molecular weight is 270 g/mol. The second-order valence-electron chi connectivity index (χ2n) is 6.29. The highest BCUT2D eigenvalue weighted by Gasteiger charge is 2.37. The van der Waals surface area contributed by atoms with Gasteiger partial charge in [-0.05, 0) is 37.5 Å². The van der Waals surface area contributed by atoms with Crippen molar-refractivity contribution in [3.8, 4) is 0 Å². The van der Waals surface area contributed by atoms with Gasteiger partial charge in [0.1, 0.15) is 6.10 Å². The minimum atomic E-state index is -0.384. The van der Waals surface area contributed by atoms with Crippen molar-refractivity contribution < 1.29 is 13.9 Å². The van der Waals surface area contributed by atoms with E-state index in [1.807, 2.05) is 0 Å². The Morgan fingerprint density at radius 3 is 2.42 bits per heavy atom. The molecule has 1 heterocycles. The molecule has 2 fully saturated rings. The van der Waals surface area contributed by atoms with E-state index in [1.54, 1.807) is 0 Å². The smallest absolute Gasteiger partial charge is 0.309 e. The van der Waals surface area contributed by atoms with Crippen LogP contribution in [0.1, 0.15) is 64.7 Å². The minimum absolute atomic E-state index is 0.0522. The third kappa shape index (κ3) is 3.93. The van der Waals surface area contributed by atoms with Gasteiger partial charge in [0.15, 0.2) is 0 Å². The summed E-state index contributed by atoms with van der Waals surface area (Å²) in [6.07, 6.45) is 9.49. The van der Waals surface area contributed by atoms with Gasteiger partial charge in [-0.2, -0.15) is 0 Å². The van der Waals surface area contributed by atoms with Crippen molar-refractivity contribution >= 4 is 5.97 Å². The first kappa shape index (κ1) is 14.8. The van der Waals surface area contributed by atoms with E-state index in [9.17, 15) is 9.18 Å². The summed E-state index contributed by atoms with van der Waals surface area (Å²) in [4.78, 5) is 12.0. The van der Waals surface area contributed by atoms with E-state index in [4.69, 9.17) is 4.74 Å². The van der Waals surface area contributed by atoms with Crippen molar-refractivity contribution in [2.75, 3.05) is 6.67 Å². The van der Waals surface area contributed by atoms with Crippen LogP contribution >= 0.6 is 0 Å². The molecule has 0 aromatic carbocycles. The van der Waals surface area contributed by atoms with Gasteiger partial charge in [0.05, 0.1) is 12.6 Å². The molecule has 0 aromatic rings. The first-order valence-corrected chi connectivity index (χ1v) is 8.01. The molecule has 2 rings (SSSR count). The standard InChI is InChI=1S/C16H27FO2/c1-2-3-12-4-6-13(7-5-12)15-9-8-14(10-11-17)19-16(15)18/h12-15H,2-11H2,1H3. The SMILES string of the molecule is CCCC1CCC(C2CCC(CCF)OC2=O)CC1. The van der Waals surface area contributed by atoms with Gasteiger partial charge in [-0.1, -0.05) is 32.6 Å². The Kier molecular flexibility index (Phi) is 5.65. The number of esters is 1. The molecule has 110 valence electrons. The molecular weight excluding hydrogens is 243 g/mol. The Hall–Kier alpha value is -0.600. The highest BCUT2D eigenvalue weighted by molar-refractivity contribution is 5.73. The molecule has 0 amide bonds. The summed E-state index contributed by atoms with van der Waals surface area (Å²) in [7, 11) is 0. The van der Waals surface area contributed by atoms with E-state index in [2.05, 4.69) is 6.92 Å². The van der Waals surface area contributed by atoms with Crippen molar-refractivity contribution in [3.05, 3.63) is 0 Å². The van der Waals surface area contributed by atoms with Crippen LogP contribution in [0.15, 0.2) is 0 Å². The fourth-order valence-electron chi connectivity index (χ4n) is 3.83. The molecule has 0 bridgehead atoms. The molecule has 2 atom stereocenters. The number of carbonyl (C=O) groups excluding carboxylic acids is 1. The maximum Gasteiger partial charge on any atom is 0.309 e. The Bertz CT molecular complexity index is 284. The molecule has 2 aliphatic rings. The van der Waals surface area contributed by atoms with Gasteiger partial charge in [-0.25, -0.2) is 0 Å². The number of carbonyl (C=O) groups is 1. The third-order valence-corrected chi connectivity index (χ3v) is 4.97. The number of halogens is 1. The predicted molar refractivity (Wildman–Crippen MR) is 73.6 cm³/mol.